The fraction of sp³-hybridized carbons (Fsp3) is 0.819. The fourth-order valence-electron chi connectivity index (χ4n) is 11.8. The second-order valence-corrected chi connectivity index (χ2v) is 25.3. The molecule has 0 bridgehead atoms. The van der Waals surface area contributed by atoms with Crippen molar-refractivity contribution < 1.29 is 89.4 Å². The van der Waals surface area contributed by atoms with Gasteiger partial charge in [0.2, 0.25) is 5.91 Å². The summed E-state index contributed by atoms with van der Waals surface area (Å²) in [5.74, 6) is -0.249. The molecule has 0 aromatic carbocycles. The van der Waals surface area contributed by atoms with E-state index in [9.17, 15) is 61.0 Å². The Morgan fingerprint density at radius 2 is 0.758 bits per heavy atom. The van der Waals surface area contributed by atoms with Crippen LogP contribution in [0.2, 0.25) is 0 Å². The Kier molecular flexibility index (Phi) is 48.4. The summed E-state index contributed by atoms with van der Waals surface area (Å²) in [6.07, 6.45) is 41.1. The second kappa shape index (κ2) is 53.4. The molecule has 3 fully saturated rings. The summed E-state index contributed by atoms with van der Waals surface area (Å²) in [4.78, 5) is 13.3. The van der Waals surface area contributed by atoms with E-state index in [0.717, 1.165) is 89.9 Å². The number of carbonyl (C=O) groups excluding carboxylic acids is 1. The van der Waals surface area contributed by atoms with Crippen molar-refractivity contribution in [2.24, 2.45) is 0 Å². The minimum absolute atomic E-state index is 0.249. The zero-order valence-electron chi connectivity index (χ0n) is 55.8. The Morgan fingerprint density at radius 3 is 1.19 bits per heavy atom. The molecule has 19 nitrogen and oxygen atoms in total. The molecule has 528 valence electrons. The molecule has 0 radical (unpaired) electrons. The van der Waals surface area contributed by atoms with Gasteiger partial charge in [-0.1, -0.05) is 247 Å². The smallest absolute Gasteiger partial charge is 0.220 e. The first-order valence-electron chi connectivity index (χ1n) is 35.7. The number of aliphatic hydroxyl groups is 11. The molecule has 12 N–H and O–H groups in total. The third kappa shape index (κ3) is 35.2. The summed E-state index contributed by atoms with van der Waals surface area (Å²) in [7, 11) is 0. The number of hydrogen-bond donors (Lipinski definition) is 12. The van der Waals surface area contributed by atoms with Crippen LogP contribution in [0.3, 0.4) is 0 Å². The molecule has 17 atom stereocenters. The standard InChI is InChI=1S/C72H127NO18/c1-3-5-7-9-10-11-12-13-14-15-16-17-18-19-20-21-22-23-24-25-26-27-28-29-30-31-32-33-34-35-36-37-38-39-40-41-42-43-44-46-48-50-60(78)73-55(56(77)49-47-45-8-6-4-2)54-86-70-66(84)63(81)68(58(52-75)88-70)91-72-67(85)64(82)69(59(53-76)89-72)90-71-65(83)62(80)61(79)57(51-74)87-71/h5,7,10-11,13-14,16-17,19-20,22-23,55-59,61-72,74-77,79-85H,3-4,6,8-9,12,15,18,21,24-54H2,1-2H3,(H,73,78)/b7-5-,11-10-,14-13-,17-16-,20-19-,23-22-. The highest BCUT2D eigenvalue weighted by Gasteiger charge is 2.53. The minimum Gasteiger partial charge on any atom is -0.394 e. The van der Waals surface area contributed by atoms with Crippen LogP contribution >= 0.6 is 0 Å². The number of unbranched alkanes of at least 4 members (excludes halogenated alkanes) is 26. The van der Waals surface area contributed by atoms with Crippen LogP contribution in [0.4, 0.5) is 0 Å². The molecule has 0 saturated carbocycles. The van der Waals surface area contributed by atoms with Gasteiger partial charge in [0, 0.05) is 6.42 Å². The van der Waals surface area contributed by atoms with E-state index in [-0.39, 0.29) is 18.9 Å². The highest BCUT2D eigenvalue weighted by molar-refractivity contribution is 5.76. The first kappa shape index (κ1) is 82.5. The van der Waals surface area contributed by atoms with Crippen LogP contribution in [0.1, 0.15) is 245 Å². The average Bonchev–Trinajstić information content (AvgIpc) is 0.864. The normalized spacial score (nSPS) is 28.3. The maximum Gasteiger partial charge on any atom is 0.220 e. The molecule has 1 amide bonds. The van der Waals surface area contributed by atoms with Gasteiger partial charge in [-0.15, -0.1) is 0 Å². The Morgan fingerprint density at radius 1 is 0.407 bits per heavy atom. The topological polar surface area (TPSA) is 307 Å². The molecular formula is C72H127NO18. The number of nitrogens with one attached hydrogen (secondary N) is 1. The number of hydrogen-bond acceptors (Lipinski definition) is 18. The second-order valence-electron chi connectivity index (χ2n) is 25.3. The van der Waals surface area contributed by atoms with Crippen molar-refractivity contribution in [2.75, 3.05) is 26.4 Å². The number of carbonyl (C=O) groups is 1. The Bertz CT molecular complexity index is 1930. The van der Waals surface area contributed by atoms with E-state index in [1.807, 2.05) is 0 Å². The molecular weight excluding hydrogens is 1170 g/mol. The van der Waals surface area contributed by atoms with Crippen molar-refractivity contribution in [3.63, 3.8) is 0 Å². The monoisotopic (exact) mass is 1290 g/mol. The van der Waals surface area contributed by atoms with Gasteiger partial charge in [-0.3, -0.25) is 4.79 Å². The minimum atomic E-state index is -1.97. The first-order chi connectivity index (χ1) is 44.3. The summed E-state index contributed by atoms with van der Waals surface area (Å²) in [5, 5.41) is 120. The molecule has 0 aromatic heterocycles. The molecule has 0 aliphatic carbocycles. The van der Waals surface area contributed by atoms with Crippen molar-refractivity contribution in [2.45, 2.75) is 349 Å². The molecule has 3 aliphatic rings. The third-order valence-corrected chi connectivity index (χ3v) is 17.5. The lowest BCUT2D eigenvalue weighted by molar-refractivity contribution is -0.379. The lowest BCUT2D eigenvalue weighted by atomic mass is 9.96. The predicted molar refractivity (Wildman–Crippen MR) is 355 cm³/mol. The van der Waals surface area contributed by atoms with Gasteiger partial charge in [-0.05, 0) is 64.2 Å². The van der Waals surface area contributed by atoms with E-state index in [0.29, 0.717) is 12.8 Å². The molecule has 0 aromatic rings. The van der Waals surface area contributed by atoms with Crippen LogP contribution in [0.15, 0.2) is 72.9 Å². The Labute approximate surface area is 547 Å². The van der Waals surface area contributed by atoms with Crippen molar-refractivity contribution in [3.05, 3.63) is 72.9 Å². The molecule has 3 rings (SSSR count). The highest BCUT2D eigenvalue weighted by Crippen LogP contribution is 2.33. The molecule has 19 heteroatoms. The number of aliphatic hydroxyl groups excluding tert-OH is 11. The Balaban J connectivity index is 1.21. The molecule has 3 heterocycles. The number of amides is 1. The van der Waals surface area contributed by atoms with Gasteiger partial charge in [0.25, 0.3) is 0 Å². The first-order valence-corrected chi connectivity index (χ1v) is 35.7. The summed E-state index contributed by atoms with van der Waals surface area (Å²) >= 11 is 0. The highest BCUT2D eigenvalue weighted by atomic mass is 16.8. The van der Waals surface area contributed by atoms with E-state index < -0.39 is 124 Å². The van der Waals surface area contributed by atoms with Crippen LogP contribution in [0.25, 0.3) is 0 Å². The van der Waals surface area contributed by atoms with Gasteiger partial charge in [0.15, 0.2) is 18.9 Å². The quantitative estimate of drug-likeness (QED) is 0.0199. The van der Waals surface area contributed by atoms with Crippen LogP contribution in [-0.2, 0) is 33.2 Å². The van der Waals surface area contributed by atoms with Crippen molar-refractivity contribution >= 4 is 5.91 Å². The predicted octanol–water partition coefficient (Wildman–Crippen LogP) is 9.72. The fourth-order valence-corrected chi connectivity index (χ4v) is 11.8. The summed E-state index contributed by atoms with van der Waals surface area (Å²) in [5.41, 5.74) is 0. The van der Waals surface area contributed by atoms with Crippen molar-refractivity contribution in [1.82, 2.24) is 5.32 Å². The van der Waals surface area contributed by atoms with E-state index in [2.05, 4.69) is 92.1 Å². The third-order valence-electron chi connectivity index (χ3n) is 17.5. The number of rotatable bonds is 54. The number of allylic oxidation sites excluding steroid dienone is 12. The largest absolute Gasteiger partial charge is 0.394 e. The lowest BCUT2D eigenvalue weighted by Gasteiger charge is -2.48. The molecule has 91 heavy (non-hydrogen) atoms. The molecule has 3 aliphatic heterocycles. The van der Waals surface area contributed by atoms with Crippen LogP contribution in [0, 0.1) is 0 Å². The number of ether oxygens (including phenoxy) is 6. The van der Waals surface area contributed by atoms with Gasteiger partial charge in [-0.25, -0.2) is 0 Å². The lowest BCUT2D eigenvalue weighted by Crippen LogP contribution is -2.66. The van der Waals surface area contributed by atoms with E-state index >= 15 is 0 Å². The maximum atomic E-state index is 13.3. The van der Waals surface area contributed by atoms with Gasteiger partial charge in [0.05, 0.1) is 38.6 Å². The van der Waals surface area contributed by atoms with Crippen LogP contribution in [-0.4, -0.2) is 193 Å². The average molecular weight is 1290 g/mol. The van der Waals surface area contributed by atoms with E-state index in [4.69, 9.17) is 28.4 Å². The van der Waals surface area contributed by atoms with Gasteiger partial charge in [0.1, 0.15) is 73.2 Å². The maximum absolute atomic E-state index is 13.3. The zero-order valence-corrected chi connectivity index (χ0v) is 55.8. The van der Waals surface area contributed by atoms with E-state index in [1.54, 1.807) is 0 Å². The van der Waals surface area contributed by atoms with Gasteiger partial charge < -0.3 is 89.9 Å². The molecule has 17 unspecified atom stereocenters. The SMILES string of the molecule is CC/C=C\C/C=C\C/C=C\C/C=C\C/C=C\C/C=C\CCCCCCCCCCCCCCCCCCCCCCCCC(=O)NC(COC1OC(CO)C(OC2OC(CO)C(OC3OC(CO)C(O)C(O)C3O)C(O)C2O)C(O)C1O)C(O)CCCCCCC. The van der Waals surface area contributed by atoms with E-state index in [1.165, 1.54) is 122 Å². The summed E-state index contributed by atoms with van der Waals surface area (Å²) in [6.45, 7) is 1.57. The van der Waals surface area contributed by atoms with Crippen LogP contribution < -0.4 is 5.32 Å². The molecule has 3 saturated heterocycles. The van der Waals surface area contributed by atoms with Crippen molar-refractivity contribution in [1.29, 1.82) is 0 Å². The van der Waals surface area contributed by atoms with Gasteiger partial charge >= 0.3 is 0 Å². The summed E-state index contributed by atoms with van der Waals surface area (Å²) < 4.78 is 34.2. The zero-order chi connectivity index (χ0) is 66.1. The molecule has 0 spiro atoms. The van der Waals surface area contributed by atoms with Crippen LogP contribution in [0.5, 0.6) is 0 Å². The Hall–Kier alpha value is -2.77. The van der Waals surface area contributed by atoms with Gasteiger partial charge in [-0.2, -0.15) is 0 Å². The van der Waals surface area contributed by atoms with Crippen molar-refractivity contribution in [3.8, 4) is 0 Å². The summed E-state index contributed by atoms with van der Waals surface area (Å²) in [6, 6.07) is -0.883.